The molecule has 0 bridgehead atoms. The summed E-state index contributed by atoms with van der Waals surface area (Å²) in [5.74, 6) is 1.76. The van der Waals surface area contributed by atoms with Crippen LogP contribution >= 0.6 is 0 Å². The van der Waals surface area contributed by atoms with Crippen molar-refractivity contribution in [3.63, 3.8) is 0 Å². The van der Waals surface area contributed by atoms with Crippen LogP contribution in [0.4, 0.5) is 11.5 Å². The predicted octanol–water partition coefficient (Wildman–Crippen LogP) is 3.22. The molecule has 4 rings (SSSR count). The summed E-state index contributed by atoms with van der Waals surface area (Å²) in [4.78, 5) is 20.7. The Morgan fingerprint density at radius 1 is 1.23 bits per heavy atom. The van der Waals surface area contributed by atoms with Gasteiger partial charge >= 0.3 is 5.97 Å². The number of carbonyl (C=O) groups excluding carboxylic acids is 1. The van der Waals surface area contributed by atoms with Crippen molar-refractivity contribution in [3.05, 3.63) is 35.9 Å². The van der Waals surface area contributed by atoms with Crippen LogP contribution in [0.2, 0.25) is 0 Å². The van der Waals surface area contributed by atoms with E-state index in [1.54, 1.807) is 13.8 Å². The maximum absolute atomic E-state index is 12.3. The summed E-state index contributed by atoms with van der Waals surface area (Å²) in [7, 11) is 0. The average molecular weight is 355 g/mol. The lowest BCUT2D eigenvalue weighted by Crippen LogP contribution is -2.15. The topological polar surface area (TPSA) is 95.7 Å². The Morgan fingerprint density at radius 2 is 2.04 bits per heavy atom. The van der Waals surface area contributed by atoms with E-state index in [-0.39, 0.29) is 6.61 Å². The molecule has 0 radical (unpaired) electrons. The van der Waals surface area contributed by atoms with Gasteiger partial charge in [0, 0.05) is 11.8 Å². The molecule has 26 heavy (non-hydrogen) atoms. The Morgan fingerprint density at radius 3 is 2.85 bits per heavy atom. The molecule has 1 N–H and O–H groups in total. The third-order valence-corrected chi connectivity index (χ3v) is 3.95. The first-order valence-electron chi connectivity index (χ1n) is 8.25. The molecule has 1 aliphatic heterocycles. The number of furan rings is 1. The van der Waals surface area contributed by atoms with Gasteiger partial charge < -0.3 is 23.9 Å². The lowest BCUT2D eigenvalue weighted by atomic mass is 10.1. The van der Waals surface area contributed by atoms with Gasteiger partial charge in [-0.1, -0.05) is 0 Å². The highest BCUT2D eigenvalue weighted by molar-refractivity contribution is 6.08. The van der Waals surface area contributed by atoms with Gasteiger partial charge in [-0.3, -0.25) is 0 Å². The van der Waals surface area contributed by atoms with Crippen LogP contribution in [0.5, 0.6) is 11.5 Å². The number of nitrogens with one attached hydrogen (secondary N) is 1. The highest BCUT2D eigenvalue weighted by atomic mass is 16.6. The number of aryl methyl sites for hydroxylation is 1. The van der Waals surface area contributed by atoms with Crippen molar-refractivity contribution in [2.45, 2.75) is 13.8 Å². The minimum Gasteiger partial charge on any atom is -0.486 e. The Kier molecular flexibility index (Phi) is 4.08. The number of benzene rings is 1. The fourth-order valence-electron chi connectivity index (χ4n) is 2.85. The van der Waals surface area contributed by atoms with Crippen LogP contribution in [0.25, 0.3) is 11.1 Å². The van der Waals surface area contributed by atoms with E-state index in [4.69, 9.17) is 18.6 Å². The lowest BCUT2D eigenvalue weighted by Gasteiger charge is -2.19. The molecule has 0 unspecified atom stereocenters. The van der Waals surface area contributed by atoms with E-state index in [0.29, 0.717) is 53.0 Å². The summed E-state index contributed by atoms with van der Waals surface area (Å²) in [6, 6.07) is 5.49. The van der Waals surface area contributed by atoms with Gasteiger partial charge in [-0.2, -0.15) is 0 Å². The number of ether oxygens (including phenoxy) is 3. The number of hydrogen-bond donors (Lipinski definition) is 1. The summed E-state index contributed by atoms with van der Waals surface area (Å²) >= 11 is 0. The van der Waals surface area contributed by atoms with Crippen molar-refractivity contribution in [1.82, 2.24) is 9.97 Å². The third-order valence-electron chi connectivity index (χ3n) is 3.95. The van der Waals surface area contributed by atoms with Crippen molar-refractivity contribution in [2.75, 3.05) is 25.1 Å². The zero-order valence-electron chi connectivity index (χ0n) is 14.4. The molecule has 134 valence electrons. The molecule has 1 aromatic carbocycles. The van der Waals surface area contributed by atoms with Crippen LogP contribution in [0, 0.1) is 6.92 Å². The van der Waals surface area contributed by atoms with Gasteiger partial charge in [0.1, 0.15) is 36.7 Å². The molecule has 0 fully saturated rings. The quantitative estimate of drug-likeness (QED) is 0.713. The van der Waals surface area contributed by atoms with Crippen LogP contribution in [0.1, 0.15) is 23.0 Å². The first kappa shape index (κ1) is 16.2. The fourth-order valence-corrected chi connectivity index (χ4v) is 2.85. The molecule has 0 aliphatic carbocycles. The van der Waals surface area contributed by atoms with Crippen molar-refractivity contribution in [1.29, 1.82) is 0 Å². The molecule has 1 aliphatic rings. The van der Waals surface area contributed by atoms with Gasteiger partial charge in [0.05, 0.1) is 12.0 Å². The predicted molar refractivity (Wildman–Crippen MR) is 93.2 cm³/mol. The number of hydrogen-bond acceptors (Lipinski definition) is 8. The van der Waals surface area contributed by atoms with Crippen molar-refractivity contribution < 1.29 is 23.4 Å². The number of nitrogens with zero attached hydrogens (tertiary/aromatic N) is 2. The van der Waals surface area contributed by atoms with Crippen molar-refractivity contribution in [3.8, 4) is 11.5 Å². The SMILES string of the molecule is CCOC(=O)c1c(C)oc2ncnc(Nc3ccc4c(c3)OCCO4)c12. The van der Waals surface area contributed by atoms with Gasteiger partial charge in [0.15, 0.2) is 11.5 Å². The first-order valence-corrected chi connectivity index (χ1v) is 8.25. The molecule has 2 aromatic heterocycles. The van der Waals surface area contributed by atoms with Crippen molar-refractivity contribution >= 4 is 28.6 Å². The minimum absolute atomic E-state index is 0.267. The maximum atomic E-state index is 12.3. The maximum Gasteiger partial charge on any atom is 0.342 e. The molecule has 3 aromatic rings. The highest BCUT2D eigenvalue weighted by Gasteiger charge is 2.24. The zero-order valence-corrected chi connectivity index (χ0v) is 14.4. The van der Waals surface area contributed by atoms with Crippen LogP contribution in [-0.2, 0) is 4.74 Å². The monoisotopic (exact) mass is 355 g/mol. The number of fused-ring (bicyclic) bond motifs is 2. The second-order valence-corrected chi connectivity index (χ2v) is 5.64. The molecule has 0 atom stereocenters. The fraction of sp³-hybridized carbons (Fsp3) is 0.278. The smallest absolute Gasteiger partial charge is 0.342 e. The van der Waals surface area contributed by atoms with E-state index in [0.717, 1.165) is 5.69 Å². The van der Waals surface area contributed by atoms with Crippen LogP contribution < -0.4 is 14.8 Å². The van der Waals surface area contributed by atoms with Crippen LogP contribution in [-0.4, -0.2) is 35.8 Å². The normalized spacial score (nSPS) is 12.8. The number of aromatic nitrogens is 2. The average Bonchev–Trinajstić information content (AvgIpc) is 2.99. The third kappa shape index (κ3) is 2.79. The number of anilines is 2. The second-order valence-electron chi connectivity index (χ2n) is 5.64. The molecule has 0 amide bonds. The second kappa shape index (κ2) is 6.55. The van der Waals surface area contributed by atoms with Gasteiger partial charge in [-0.25, -0.2) is 14.8 Å². The van der Waals surface area contributed by atoms with Gasteiger partial charge in [0.2, 0.25) is 5.71 Å². The van der Waals surface area contributed by atoms with Crippen molar-refractivity contribution in [2.24, 2.45) is 0 Å². The van der Waals surface area contributed by atoms with Gasteiger partial charge in [0.25, 0.3) is 0 Å². The Hall–Kier alpha value is -3.29. The molecule has 3 heterocycles. The Labute approximate surface area is 149 Å². The van der Waals surface area contributed by atoms with E-state index < -0.39 is 5.97 Å². The lowest BCUT2D eigenvalue weighted by molar-refractivity contribution is 0.0526. The molecule has 8 nitrogen and oxygen atoms in total. The summed E-state index contributed by atoms with van der Waals surface area (Å²) in [5.41, 5.74) is 1.38. The summed E-state index contributed by atoms with van der Waals surface area (Å²) in [5, 5.41) is 3.68. The number of carbonyl (C=O) groups is 1. The van der Waals surface area contributed by atoms with E-state index in [2.05, 4.69) is 15.3 Å². The Bertz CT molecular complexity index is 982. The summed E-state index contributed by atoms with van der Waals surface area (Å²) in [6.07, 6.45) is 1.38. The zero-order chi connectivity index (χ0) is 18.1. The molecule has 0 saturated heterocycles. The molecule has 0 spiro atoms. The minimum atomic E-state index is -0.469. The van der Waals surface area contributed by atoms with E-state index in [1.807, 2.05) is 18.2 Å². The Balaban J connectivity index is 1.76. The largest absolute Gasteiger partial charge is 0.486 e. The number of rotatable bonds is 4. The number of esters is 1. The van der Waals surface area contributed by atoms with E-state index >= 15 is 0 Å². The summed E-state index contributed by atoms with van der Waals surface area (Å²) in [6.45, 7) is 4.75. The highest BCUT2D eigenvalue weighted by Crippen LogP contribution is 2.35. The van der Waals surface area contributed by atoms with Gasteiger partial charge in [-0.15, -0.1) is 0 Å². The van der Waals surface area contributed by atoms with E-state index in [1.165, 1.54) is 6.33 Å². The first-order chi connectivity index (χ1) is 12.7. The van der Waals surface area contributed by atoms with Crippen LogP contribution in [0.15, 0.2) is 28.9 Å². The molecular formula is C18H17N3O5. The van der Waals surface area contributed by atoms with E-state index in [9.17, 15) is 4.79 Å². The molecule has 0 saturated carbocycles. The standard InChI is InChI=1S/C18H17N3O5/c1-3-23-18(22)14-10(2)26-17-15(14)16(19-9-20-17)21-11-4-5-12-13(8-11)25-7-6-24-12/h4-5,8-9H,3,6-7H2,1-2H3,(H,19,20,21). The molecule has 8 heteroatoms. The van der Waals surface area contributed by atoms with Crippen LogP contribution in [0.3, 0.4) is 0 Å². The summed E-state index contributed by atoms with van der Waals surface area (Å²) < 4.78 is 21.9. The molecular weight excluding hydrogens is 338 g/mol. The van der Waals surface area contributed by atoms with Gasteiger partial charge in [-0.05, 0) is 26.0 Å².